The van der Waals surface area contributed by atoms with Crippen LogP contribution in [0.3, 0.4) is 0 Å². The van der Waals surface area contributed by atoms with Gasteiger partial charge in [-0.1, -0.05) is 30.3 Å². The first-order valence-corrected chi connectivity index (χ1v) is 12.3. The fourth-order valence-corrected chi connectivity index (χ4v) is 5.59. The van der Waals surface area contributed by atoms with Crippen molar-refractivity contribution in [1.82, 2.24) is 9.47 Å². The molecule has 2 saturated heterocycles. The van der Waals surface area contributed by atoms with E-state index >= 15 is 0 Å². The van der Waals surface area contributed by atoms with Crippen molar-refractivity contribution in [3.63, 3.8) is 0 Å². The summed E-state index contributed by atoms with van der Waals surface area (Å²) in [6.07, 6.45) is 4.72. The highest BCUT2D eigenvalue weighted by Gasteiger charge is 2.30. The van der Waals surface area contributed by atoms with Crippen LogP contribution in [0.4, 0.5) is 5.69 Å². The second-order valence-corrected chi connectivity index (χ2v) is 9.64. The average molecular weight is 454 g/mol. The number of aromatic nitrogens is 1. The minimum atomic E-state index is 0.337. The molecule has 2 aliphatic heterocycles. The Balaban J connectivity index is 1.22. The second-order valence-electron chi connectivity index (χ2n) is 9.64. The lowest BCUT2D eigenvalue weighted by Gasteiger charge is -2.39. The van der Waals surface area contributed by atoms with Crippen molar-refractivity contribution in [2.75, 3.05) is 31.1 Å². The highest BCUT2D eigenvalue weighted by molar-refractivity contribution is 5.93. The van der Waals surface area contributed by atoms with Gasteiger partial charge in [-0.25, -0.2) is 0 Å². The topological polar surface area (TPSA) is 40.9 Å². The predicted octanol–water partition coefficient (Wildman–Crippen LogP) is 5.78. The summed E-state index contributed by atoms with van der Waals surface area (Å²) in [5.74, 6) is 1.97. The van der Waals surface area contributed by atoms with E-state index in [2.05, 4.69) is 47.2 Å². The molecular formula is C29H31N3O2. The number of anilines is 1. The van der Waals surface area contributed by atoms with E-state index in [-0.39, 0.29) is 0 Å². The molecule has 34 heavy (non-hydrogen) atoms. The molecule has 4 aromatic rings. The van der Waals surface area contributed by atoms with Gasteiger partial charge in [0.15, 0.2) is 5.88 Å². The number of aryl methyl sites for hydroxylation is 1. The van der Waals surface area contributed by atoms with E-state index in [4.69, 9.17) is 4.74 Å². The lowest BCUT2D eigenvalue weighted by atomic mass is 10.1. The van der Waals surface area contributed by atoms with Crippen molar-refractivity contribution < 1.29 is 9.84 Å². The van der Waals surface area contributed by atoms with E-state index in [1.54, 1.807) is 0 Å². The number of para-hydroxylation sites is 1. The maximum atomic E-state index is 11.0. The Morgan fingerprint density at radius 2 is 1.74 bits per heavy atom. The first-order valence-electron chi connectivity index (χ1n) is 12.3. The van der Waals surface area contributed by atoms with E-state index in [1.165, 1.54) is 25.1 Å². The van der Waals surface area contributed by atoms with E-state index < -0.39 is 0 Å². The van der Waals surface area contributed by atoms with Crippen molar-refractivity contribution in [1.29, 1.82) is 0 Å². The van der Waals surface area contributed by atoms with Gasteiger partial charge in [0.1, 0.15) is 11.5 Å². The predicted molar refractivity (Wildman–Crippen MR) is 137 cm³/mol. The molecule has 0 radical (unpaired) electrons. The molecule has 174 valence electrons. The molecule has 2 aliphatic rings. The highest BCUT2D eigenvalue weighted by Crippen LogP contribution is 2.36. The lowest BCUT2D eigenvalue weighted by Crippen LogP contribution is -2.50. The van der Waals surface area contributed by atoms with Crippen LogP contribution in [0, 0.1) is 6.92 Å². The highest BCUT2D eigenvalue weighted by atomic mass is 16.5. The Hall–Kier alpha value is -3.44. The monoisotopic (exact) mass is 453 g/mol. The summed E-state index contributed by atoms with van der Waals surface area (Å²) in [4.78, 5) is 5.17. The number of rotatable bonds is 5. The summed E-state index contributed by atoms with van der Waals surface area (Å²) < 4.78 is 7.85. The second kappa shape index (κ2) is 8.73. The minimum absolute atomic E-state index is 0.337. The molecule has 0 bridgehead atoms. The summed E-state index contributed by atoms with van der Waals surface area (Å²) in [5.41, 5.74) is 3.52. The number of aromatic hydroxyl groups is 1. The third-order valence-electron chi connectivity index (χ3n) is 7.35. The Kier molecular flexibility index (Phi) is 5.42. The third kappa shape index (κ3) is 4.01. The van der Waals surface area contributed by atoms with Crippen molar-refractivity contribution in [3.05, 3.63) is 84.1 Å². The number of fused-ring (bicyclic) bond motifs is 2. The number of nitrogens with zero attached hydrogens (tertiary/aromatic N) is 3. The Labute approximate surface area is 200 Å². The number of hydrogen-bond acceptors (Lipinski definition) is 4. The smallest absolute Gasteiger partial charge is 0.199 e. The van der Waals surface area contributed by atoms with Crippen molar-refractivity contribution in [2.45, 2.75) is 32.4 Å². The Morgan fingerprint density at radius 3 is 2.56 bits per heavy atom. The van der Waals surface area contributed by atoms with Crippen LogP contribution in [0.5, 0.6) is 17.4 Å². The van der Waals surface area contributed by atoms with Gasteiger partial charge in [0.25, 0.3) is 0 Å². The standard InChI is InChI=1S/C29H31N3O2/c1-21-16-25(31-15-14-30-13-5-6-24(30)20-31)17-23-19-32(29(33)28(21)23)18-22-9-11-27(12-10-22)34-26-7-3-2-4-8-26/h2-4,7-12,16-17,19,24,33H,5-6,13-15,18,20H2,1H3. The Bertz CT molecular complexity index is 1300. The third-order valence-corrected chi connectivity index (χ3v) is 7.35. The quantitative estimate of drug-likeness (QED) is 0.416. The molecule has 0 aliphatic carbocycles. The molecule has 3 aromatic carbocycles. The summed E-state index contributed by atoms with van der Waals surface area (Å²) in [6.45, 7) is 7.31. The molecule has 5 nitrogen and oxygen atoms in total. The van der Waals surface area contributed by atoms with E-state index in [9.17, 15) is 5.11 Å². The normalized spacial score (nSPS) is 18.4. The van der Waals surface area contributed by atoms with Crippen LogP contribution < -0.4 is 9.64 Å². The zero-order valence-corrected chi connectivity index (χ0v) is 19.7. The van der Waals surface area contributed by atoms with Crippen LogP contribution in [0.15, 0.2) is 72.9 Å². The maximum absolute atomic E-state index is 11.0. The zero-order chi connectivity index (χ0) is 23.1. The fraction of sp³-hybridized carbons (Fsp3) is 0.310. The van der Waals surface area contributed by atoms with Crippen LogP contribution >= 0.6 is 0 Å². The van der Waals surface area contributed by atoms with Gasteiger partial charge in [0.05, 0.1) is 6.54 Å². The first kappa shape index (κ1) is 21.1. The van der Waals surface area contributed by atoms with Crippen molar-refractivity contribution in [2.24, 2.45) is 0 Å². The van der Waals surface area contributed by atoms with Gasteiger partial charge in [-0.15, -0.1) is 0 Å². The molecule has 1 N–H and O–H groups in total. The Morgan fingerprint density at radius 1 is 0.941 bits per heavy atom. The van der Waals surface area contributed by atoms with Crippen LogP contribution in [0.1, 0.15) is 24.0 Å². The molecule has 2 fully saturated rings. The summed E-state index contributed by atoms with van der Waals surface area (Å²) in [7, 11) is 0. The number of piperazine rings is 1. The lowest BCUT2D eigenvalue weighted by molar-refractivity contribution is 0.231. The first-order chi connectivity index (χ1) is 16.6. The molecule has 5 heteroatoms. The molecular weight excluding hydrogens is 422 g/mol. The van der Waals surface area contributed by atoms with Gasteiger partial charge in [0.2, 0.25) is 0 Å². The van der Waals surface area contributed by atoms with Gasteiger partial charge >= 0.3 is 0 Å². The zero-order valence-electron chi connectivity index (χ0n) is 19.7. The molecule has 0 spiro atoms. The van der Waals surface area contributed by atoms with Crippen LogP contribution in [0.2, 0.25) is 0 Å². The van der Waals surface area contributed by atoms with Crippen molar-refractivity contribution >= 4 is 16.5 Å². The van der Waals surface area contributed by atoms with Gasteiger partial charge in [-0.2, -0.15) is 0 Å². The number of hydrogen-bond donors (Lipinski definition) is 1. The number of benzene rings is 3. The van der Waals surface area contributed by atoms with Gasteiger partial charge in [0, 0.05) is 48.3 Å². The van der Waals surface area contributed by atoms with Gasteiger partial charge < -0.3 is 19.3 Å². The average Bonchev–Trinajstić information content (AvgIpc) is 3.45. The van der Waals surface area contributed by atoms with E-state index in [1.807, 2.05) is 47.0 Å². The van der Waals surface area contributed by atoms with Crippen LogP contribution in [-0.4, -0.2) is 46.8 Å². The van der Waals surface area contributed by atoms with Crippen LogP contribution in [-0.2, 0) is 6.54 Å². The summed E-state index contributed by atoms with van der Waals surface area (Å²) in [5, 5.41) is 13.1. The molecule has 0 amide bonds. The van der Waals surface area contributed by atoms with Crippen molar-refractivity contribution in [3.8, 4) is 17.4 Å². The van der Waals surface area contributed by atoms with E-state index in [0.717, 1.165) is 53.0 Å². The SMILES string of the molecule is Cc1cc(N2CCN3CCCC3C2)cc2cn(Cc3ccc(Oc4ccccc4)cc3)c(O)c12. The molecule has 3 heterocycles. The molecule has 1 aromatic heterocycles. The fourth-order valence-electron chi connectivity index (χ4n) is 5.59. The molecule has 0 saturated carbocycles. The maximum Gasteiger partial charge on any atom is 0.199 e. The number of ether oxygens (including phenoxy) is 1. The minimum Gasteiger partial charge on any atom is -0.494 e. The van der Waals surface area contributed by atoms with Gasteiger partial charge in [-0.3, -0.25) is 4.90 Å². The molecule has 6 rings (SSSR count). The van der Waals surface area contributed by atoms with E-state index in [0.29, 0.717) is 18.5 Å². The van der Waals surface area contributed by atoms with Gasteiger partial charge in [-0.05, 0) is 73.8 Å². The van der Waals surface area contributed by atoms with Crippen LogP contribution in [0.25, 0.3) is 10.8 Å². The summed E-state index contributed by atoms with van der Waals surface area (Å²) >= 11 is 0. The summed E-state index contributed by atoms with van der Waals surface area (Å²) in [6, 6.07) is 23.1. The largest absolute Gasteiger partial charge is 0.494 e. The molecule has 1 unspecified atom stereocenters. The molecule has 1 atom stereocenters.